The fourth-order valence-corrected chi connectivity index (χ4v) is 1.66. The summed E-state index contributed by atoms with van der Waals surface area (Å²) >= 11 is 0. The van der Waals surface area contributed by atoms with Crippen LogP contribution in [0.4, 0.5) is 17.2 Å². The highest BCUT2D eigenvalue weighted by Gasteiger charge is 2.15. The van der Waals surface area contributed by atoms with Crippen molar-refractivity contribution in [2.24, 2.45) is 0 Å². The van der Waals surface area contributed by atoms with Crippen LogP contribution in [0.5, 0.6) is 0 Å². The molecule has 2 N–H and O–H groups in total. The lowest BCUT2D eigenvalue weighted by Gasteiger charge is -2.09. The van der Waals surface area contributed by atoms with Gasteiger partial charge in [0.1, 0.15) is 0 Å². The molecule has 0 aliphatic rings. The van der Waals surface area contributed by atoms with Gasteiger partial charge in [-0.05, 0) is 30.7 Å². The molecule has 1 heterocycles. The van der Waals surface area contributed by atoms with Crippen molar-refractivity contribution in [2.75, 3.05) is 5.32 Å². The van der Waals surface area contributed by atoms with Crippen LogP contribution in [-0.4, -0.2) is 21.0 Å². The van der Waals surface area contributed by atoms with E-state index in [1.807, 2.05) is 0 Å². The van der Waals surface area contributed by atoms with E-state index < -0.39 is 10.9 Å². The number of carbonyl (C=O) groups is 1. The van der Waals surface area contributed by atoms with E-state index in [1.165, 1.54) is 30.5 Å². The molecule has 0 bridgehead atoms. The molecule has 0 fully saturated rings. The third-order valence-corrected chi connectivity index (χ3v) is 2.72. The van der Waals surface area contributed by atoms with Gasteiger partial charge in [-0.1, -0.05) is 6.07 Å². The SMILES string of the molecule is Cc1ccc(C(=O)O)cc1Nc1ncccc1[N+](=O)[O-]. The zero-order chi connectivity index (χ0) is 14.7. The third kappa shape index (κ3) is 2.72. The lowest BCUT2D eigenvalue weighted by atomic mass is 10.1. The van der Waals surface area contributed by atoms with Gasteiger partial charge in [0.25, 0.3) is 0 Å². The Morgan fingerprint density at radius 1 is 1.40 bits per heavy atom. The van der Waals surface area contributed by atoms with Crippen molar-refractivity contribution < 1.29 is 14.8 Å². The first-order valence-electron chi connectivity index (χ1n) is 5.69. The standard InChI is InChI=1S/C13H11N3O4/c1-8-4-5-9(13(17)18)7-10(8)15-12-11(16(19)20)3-2-6-14-12/h2-7H,1H3,(H,14,15)(H,17,18). The molecule has 1 aromatic carbocycles. The summed E-state index contributed by atoms with van der Waals surface area (Å²) in [7, 11) is 0. The Morgan fingerprint density at radius 2 is 2.15 bits per heavy atom. The maximum atomic E-state index is 10.9. The molecule has 2 rings (SSSR count). The molecule has 0 radical (unpaired) electrons. The highest BCUT2D eigenvalue weighted by Crippen LogP contribution is 2.27. The molecule has 1 aromatic heterocycles. The minimum absolute atomic E-state index is 0.0724. The first-order valence-corrected chi connectivity index (χ1v) is 5.69. The minimum atomic E-state index is -1.07. The molecule has 102 valence electrons. The summed E-state index contributed by atoms with van der Waals surface area (Å²) < 4.78 is 0. The molecule has 7 heteroatoms. The number of hydrogen-bond donors (Lipinski definition) is 2. The number of carboxylic acid groups (broad SMARTS) is 1. The second kappa shape index (κ2) is 5.35. The second-order valence-corrected chi connectivity index (χ2v) is 4.09. The topological polar surface area (TPSA) is 105 Å². The number of nitro groups is 1. The molecule has 0 saturated heterocycles. The first-order chi connectivity index (χ1) is 9.49. The Labute approximate surface area is 114 Å². The van der Waals surface area contributed by atoms with Gasteiger partial charge in [-0.15, -0.1) is 0 Å². The van der Waals surface area contributed by atoms with Crippen molar-refractivity contribution in [1.82, 2.24) is 4.98 Å². The molecule has 2 aromatic rings. The maximum Gasteiger partial charge on any atom is 0.335 e. The van der Waals surface area contributed by atoms with Crippen molar-refractivity contribution in [3.63, 3.8) is 0 Å². The normalized spacial score (nSPS) is 10.1. The quantitative estimate of drug-likeness (QED) is 0.655. The highest BCUT2D eigenvalue weighted by molar-refractivity contribution is 5.89. The van der Waals surface area contributed by atoms with E-state index in [2.05, 4.69) is 10.3 Å². The number of nitrogens with zero attached hydrogens (tertiary/aromatic N) is 2. The van der Waals surface area contributed by atoms with Crippen molar-refractivity contribution in [3.8, 4) is 0 Å². The number of carboxylic acids is 1. The fourth-order valence-electron chi connectivity index (χ4n) is 1.66. The number of aromatic carboxylic acids is 1. The van der Waals surface area contributed by atoms with Crippen LogP contribution in [0.3, 0.4) is 0 Å². The number of anilines is 2. The summed E-state index contributed by atoms with van der Waals surface area (Å²) in [5.41, 5.74) is 1.14. The van der Waals surface area contributed by atoms with Crippen LogP contribution in [0.15, 0.2) is 36.5 Å². The Kier molecular flexibility index (Phi) is 3.60. The molecule has 0 aliphatic carbocycles. The van der Waals surface area contributed by atoms with Crippen molar-refractivity contribution >= 4 is 23.2 Å². The molecular weight excluding hydrogens is 262 g/mol. The Bertz CT molecular complexity index is 685. The third-order valence-electron chi connectivity index (χ3n) is 2.72. The number of aromatic nitrogens is 1. The van der Waals surface area contributed by atoms with E-state index in [0.717, 1.165) is 5.56 Å². The Balaban J connectivity index is 2.42. The van der Waals surface area contributed by atoms with E-state index in [1.54, 1.807) is 13.0 Å². The Morgan fingerprint density at radius 3 is 2.80 bits per heavy atom. The van der Waals surface area contributed by atoms with Gasteiger partial charge in [0, 0.05) is 18.0 Å². The molecule has 0 spiro atoms. The summed E-state index contributed by atoms with van der Waals surface area (Å²) in [5.74, 6) is -0.994. The number of rotatable bonds is 4. The molecular formula is C13H11N3O4. The number of aryl methyl sites for hydroxylation is 1. The molecule has 0 atom stereocenters. The molecule has 0 saturated carbocycles. The van der Waals surface area contributed by atoms with Crippen molar-refractivity contribution in [2.45, 2.75) is 6.92 Å². The van der Waals surface area contributed by atoms with Gasteiger partial charge in [0.15, 0.2) is 0 Å². The molecule has 20 heavy (non-hydrogen) atoms. The van der Waals surface area contributed by atoms with Gasteiger partial charge < -0.3 is 10.4 Å². The summed E-state index contributed by atoms with van der Waals surface area (Å²) in [4.78, 5) is 25.2. The monoisotopic (exact) mass is 273 g/mol. The summed E-state index contributed by atoms with van der Waals surface area (Å²) in [6.45, 7) is 1.77. The average Bonchev–Trinajstić information content (AvgIpc) is 2.41. The lowest BCUT2D eigenvalue weighted by Crippen LogP contribution is -2.03. The second-order valence-electron chi connectivity index (χ2n) is 4.09. The van der Waals surface area contributed by atoms with Crippen LogP contribution < -0.4 is 5.32 Å². The van der Waals surface area contributed by atoms with Crippen LogP contribution in [-0.2, 0) is 0 Å². The zero-order valence-corrected chi connectivity index (χ0v) is 10.5. The fraction of sp³-hybridized carbons (Fsp3) is 0.0769. The average molecular weight is 273 g/mol. The molecule has 0 amide bonds. The largest absolute Gasteiger partial charge is 0.478 e. The molecule has 0 unspecified atom stereocenters. The zero-order valence-electron chi connectivity index (χ0n) is 10.5. The predicted molar refractivity (Wildman–Crippen MR) is 72.3 cm³/mol. The predicted octanol–water partition coefficient (Wildman–Crippen LogP) is 2.74. The van der Waals surface area contributed by atoms with Crippen LogP contribution >= 0.6 is 0 Å². The van der Waals surface area contributed by atoms with Crippen molar-refractivity contribution in [3.05, 3.63) is 57.8 Å². The number of pyridine rings is 1. The Hall–Kier alpha value is -2.96. The van der Waals surface area contributed by atoms with Gasteiger partial charge >= 0.3 is 11.7 Å². The van der Waals surface area contributed by atoms with E-state index in [4.69, 9.17) is 5.11 Å². The van der Waals surface area contributed by atoms with E-state index >= 15 is 0 Å². The van der Waals surface area contributed by atoms with Crippen LogP contribution in [0.25, 0.3) is 0 Å². The molecule has 0 aliphatic heterocycles. The van der Waals surface area contributed by atoms with Gasteiger partial charge in [0.2, 0.25) is 5.82 Å². The number of nitrogens with one attached hydrogen (secondary N) is 1. The van der Waals surface area contributed by atoms with Crippen LogP contribution in [0.2, 0.25) is 0 Å². The van der Waals surface area contributed by atoms with Gasteiger partial charge in [0.05, 0.1) is 10.5 Å². The van der Waals surface area contributed by atoms with Crippen LogP contribution in [0.1, 0.15) is 15.9 Å². The molecule has 7 nitrogen and oxygen atoms in total. The maximum absolute atomic E-state index is 10.9. The summed E-state index contributed by atoms with van der Waals surface area (Å²) in [5, 5.41) is 22.7. The highest BCUT2D eigenvalue weighted by atomic mass is 16.6. The van der Waals surface area contributed by atoms with Gasteiger partial charge in [-0.25, -0.2) is 9.78 Å². The van der Waals surface area contributed by atoms with E-state index in [9.17, 15) is 14.9 Å². The van der Waals surface area contributed by atoms with E-state index in [-0.39, 0.29) is 17.1 Å². The number of hydrogen-bond acceptors (Lipinski definition) is 5. The van der Waals surface area contributed by atoms with Gasteiger partial charge in [-0.3, -0.25) is 10.1 Å². The number of benzene rings is 1. The van der Waals surface area contributed by atoms with Crippen molar-refractivity contribution in [1.29, 1.82) is 0 Å². The summed E-state index contributed by atoms with van der Waals surface area (Å²) in [6, 6.07) is 7.29. The summed E-state index contributed by atoms with van der Waals surface area (Å²) in [6.07, 6.45) is 1.42. The van der Waals surface area contributed by atoms with Crippen LogP contribution in [0, 0.1) is 17.0 Å². The van der Waals surface area contributed by atoms with E-state index in [0.29, 0.717) is 5.69 Å². The smallest absolute Gasteiger partial charge is 0.335 e. The minimum Gasteiger partial charge on any atom is -0.478 e. The first kappa shape index (κ1) is 13.5. The van der Waals surface area contributed by atoms with Gasteiger partial charge in [-0.2, -0.15) is 0 Å². The lowest BCUT2D eigenvalue weighted by molar-refractivity contribution is -0.384.